The van der Waals surface area contributed by atoms with Crippen molar-refractivity contribution in [3.8, 4) is 0 Å². The normalized spacial score (nSPS) is 14.8. The summed E-state index contributed by atoms with van der Waals surface area (Å²) in [4.78, 5) is 25.6. The maximum atomic E-state index is 12.1. The highest BCUT2D eigenvalue weighted by Gasteiger charge is 2.21. The summed E-state index contributed by atoms with van der Waals surface area (Å²) in [6, 6.07) is 7.15. The summed E-state index contributed by atoms with van der Waals surface area (Å²) in [6.45, 7) is 4.10. The van der Waals surface area contributed by atoms with Crippen LogP contribution in [0.15, 0.2) is 24.3 Å². The number of aryl methyl sites for hydroxylation is 1. The molecule has 2 rings (SSSR count). The number of urea groups is 1. The first-order chi connectivity index (χ1) is 10.6. The highest BCUT2D eigenvalue weighted by molar-refractivity contribution is 5.92. The smallest absolute Gasteiger partial charge is 0.319 e. The predicted octanol–water partition coefficient (Wildman–Crippen LogP) is 1.74. The van der Waals surface area contributed by atoms with Gasteiger partial charge in [0.1, 0.15) is 0 Å². The third-order valence-corrected chi connectivity index (χ3v) is 3.98. The minimum atomic E-state index is -0.365. The Bertz CT molecular complexity index is 531. The standard InChI is InChI=1S/C16H24N4O2.ClH/c1-12-3-2-4-14(9-12)19-16(22)18-11-15(21)20-7-5-13(10-17)6-8-20;/h2-4,9,13H,5-8,10-11,17H2,1H3,(H2,18,19,22);1H. The molecule has 1 saturated heterocycles. The van der Waals surface area contributed by atoms with E-state index in [-0.39, 0.29) is 30.9 Å². The SMILES string of the molecule is Cc1cccc(NC(=O)NCC(=O)N2CCC(CN)CC2)c1.Cl. The van der Waals surface area contributed by atoms with Crippen molar-refractivity contribution in [1.29, 1.82) is 0 Å². The van der Waals surface area contributed by atoms with E-state index in [9.17, 15) is 9.59 Å². The fourth-order valence-corrected chi connectivity index (χ4v) is 2.58. The van der Waals surface area contributed by atoms with Crippen LogP contribution in [0.2, 0.25) is 0 Å². The van der Waals surface area contributed by atoms with E-state index in [0.717, 1.165) is 31.5 Å². The number of rotatable bonds is 4. The molecule has 0 aliphatic carbocycles. The predicted molar refractivity (Wildman–Crippen MR) is 93.8 cm³/mol. The molecule has 1 aromatic rings. The van der Waals surface area contributed by atoms with Gasteiger partial charge in [0, 0.05) is 18.8 Å². The lowest BCUT2D eigenvalue weighted by atomic mass is 9.97. The van der Waals surface area contributed by atoms with Gasteiger partial charge in [0.25, 0.3) is 0 Å². The number of halogens is 1. The van der Waals surface area contributed by atoms with Crippen molar-refractivity contribution in [2.75, 3.05) is 31.5 Å². The van der Waals surface area contributed by atoms with Crippen LogP contribution >= 0.6 is 12.4 Å². The molecule has 0 radical (unpaired) electrons. The molecule has 0 saturated carbocycles. The number of likely N-dealkylation sites (tertiary alicyclic amines) is 1. The van der Waals surface area contributed by atoms with E-state index < -0.39 is 0 Å². The second-order valence-corrected chi connectivity index (χ2v) is 5.74. The highest BCUT2D eigenvalue weighted by atomic mass is 35.5. The van der Waals surface area contributed by atoms with Crippen molar-refractivity contribution in [2.24, 2.45) is 11.7 Å². The van der Waals surface area contributed by atoms with Crippen LogP contribution in [0.4, 0.5) is 10.5 Å². The first-order valence-corrected chi connectivity index (χ1v) is 7.68. The van der Waals surface area contributed by atoms with Crippen molar-refractivity contribution in [1.82, 2.24) is 10.2 Å². The van der Waals surface area contributed by atoms with Gasteiger partial charge in [-0.3, -0.25) is 4.79 Å². The second-order valence-electron chi connectivity index (χ2n) is 5.74. The number of benzene rings is 1. The highest BCUT2D eigenvalue weighted by Crippen LogP contribution is 2.15. The molecule has 1 aliphatic rings. The molecule has 0 unspecified atom stereocenters. The summed E-state index contributed by atoms with van der Waals surface area (Å²) < 4.78 is 0. The number of piperidine rings is 1. The number of hydrogen-bond donors (Lipinski definition) is 3. The summed E-state index contributed by atoms with van der Waals surface area (Å²) in [5, 5.41) is 5.33. The van der Waals surface area contributed by atoms with Gasteiger partial charge >= 0.3 is 6.03 Å². The number of amides is 3. The van der Waals surface area contributed by atoms with E-state index >= 15 is 0 Å². The van der Waals surface area contributed by atoms with E-state index in [0.29, 0.717) is 18.2 Å². The molecule has 128 valence electrons. The van der Waals surface area contributed by atoms with Crippen LogP contribution in [0, 0.1) is 12.8 Å². The van der Waals surface area contributed by atoms with Gasteiger partial charge in [-0.1, -0.05) is 12.1 Å². The van der Waals surface area contributed by atoms with E-state index in [1.54, 1.807) is 4.90 Å². The van der Waals surface area contributed by atoms with Gasteiger partial charge in [0.2, 0.25) is 5.91 Å². The molecule has 0 atom stereocenters. The monoisotopic (exact) mass is 340 g/mol. The summed E-state index contributed by atoms with van der Waals surface area (Å²) >= 11 is 0. The quantitative estimate of drug-likeness (QED) is 0.780. The molecule has 6 nitrogen and oxygen atoms in total. The van der Waals surface area contributed by atoms with Gasteiger partial charge in [-0.2, -0.15) is 0 Å². The van der Waals surface area contributed by atoms with Crippen LogP contribution in [0.1, 0.15) is 18.4 Å². The molecule has 1 fully saturated rings. The molecule has 0 spiro atoms. The van der Waals surface area contributed by atoms with Crippen molar-refractivity contribution in [2.45, 2.75) is 19.8 Å². The molecule has 4 N–H and O–H groups in total. The maximum absolute atomic E-state index is 12.1. The van der Waals surface area contributed by atoms with Crippen LogP contribution in [-0.4, -0.2) is 43.0 Å². The van der Waals surface area contributed by atoms with Crippen LogP contribution < -0.4 is 16.4 Å². The van der Waals surface area contributed by atoms with Crippen LogP contribution in [0.3, 0.4) is 0 Å². The number of hydrogen-bond acceptors (Lipinski definition) is 3. The number of carbonyl (C=O) groups is 2. The van der Waals surface area contributed by atoms with E-state index in [1.165, 1.54) is 0 Å². The summed E-state index contributed by atoms with van der Waals surface area (Å²) in [7, 11) is 0. The molecule has 0 bridgehead atoms. The Morgan fingerprint density at radius 3 is 2.61 bits per heavy atom. The lowest BCUT2D eigenvalue weighted by Crippen LogP contribution is -2.45. The largest absolute Gasteiger partial charge is 0.341 e. The zero-order valence-corrected chi connectivity index (χ0v) is 14.2. The topological polar surface area (TPSA) is 87.5 Å². The fraction of sp³-hybridized carbons (Fsp3) is 0.500. The Hall–Kier alpha value is -1.79. The maximum Gasteiger partial charge on any atom is 0.319 e. The lowest BCUT2D eigenvalue weighted by Gasteiger charge is -2.31. The molecule has 23 heavy (non-hydrogen) atoms. The van der Waals surface area contributed by atoms with Crippen molar-refractivity contribution >= 4 is 30.0 Å². The molecular formula is C16H25ClN4O2. The molecule has 0 aromatic heterocycles. The molecule has 7 heteroatoms. The average molecular weight is 341 g/mol. The molecule has 3 amide bonds. The summed E-state index contributed by atoms with van der Waals surface area (Å²) in [6.07, 6.45) is 1.88. The lowest BCUT2D eigenvalue weighted by molar-refractivity contribution is -0.131. The van der Waals surface area contributed by atoms with Gasteiger partial charge in [0.05, 0.1) is 6.54 Å². The first-order valence-electron chi connectivity index (χ1n) is 7.68. The second kappa shape index (κ2) is 9.37. The molecule has 1 aliphatic heterocycles. The average Bonchev–Trinajstić information content (AvgIpc) is 2.52. The third-order valence-electron chi connectivity index (χ3n) is 3.98. The molecule has 1 heterocycles. The Kier molecular flexibility index (Phi) is 7.85. The zero-order chi connectivity index (χ0) is 15.9. The zero-order valence-electron chi connectivity index (χ0n) is 13.4. The Balaban J connectivity index is 0.00000264. The minimum Gasteiger partial charge on any atom is -0.341 e. The van der Waals surface area contributed by atoms with E-state index in [2.05, 4.69) is 10.6 Å². The van der Waals surface area contributed by atoms with Crippen LogP contribution in [0.5, 0.6) is 0 Å². The van der Waals surface area contributed by atoms with Crippen LogP contribution in [0.25, 0.3) is 0 Å². The van der Waals surface area contributed by atoms with Gasteiger partial charge in [0.15, 0.2) is 0 Å². The van der Waals surface area contributed by atoms with Crippen molar-refractivity contribution < 1.29 is 9.59 Å². The van der Waals surface area contributed by atoms with Gasteiger partial charge in [-0.15, -0.1) is 12.4 Å². The number of carbonyl (C=O) groups excluding carboxylic acids is 2. The van der Waals surface area contributed by atoms with Gasteiger partial charge in [-0.25, -0.2) is 4.79 Å². The number of nitrogens with two attached hydrogens (primary N) is 1. The molecule has 1 aromatic carbocycles. The molecular weight excluding hydrogens is 316 g/mol. The number of nitrogens with one attached hydrogen (secondary N) is 2. The van der Waals surface area contributed by atoms with E-state index in [4.69, 9.17) is 5.73 Å². The van der Waals surface area contributed by atoms with Crippen LogP contribution in [-0.2, 0) is 4.79 Å². The Morgan fingerprint density at radius 2 is 2.00 bits per heavy atom. The van der Waals surface area contributed by atoms with Crippen molar-refractivity contribution in [3.05, 3.63) is 29.8 Å². The summed E-state index contributed by atoms with van der Waals surface area (Å²) in [5.74, 6) is 0.469. The minimum absolute atomic E-state index is 0. The fourth-order valence-electron chi connectivity index (χ4n) is 2.58. The number of nitrogens with zero attached hydrogens (tertiary/aromatic N) is 1. The van der Waals surface area contributed by atoms with E-state index in [1.807, 2.05) is 31.2 Å². The van der Waals surface area contributed by atoms with Crippen molar-refractivity contribution in [3.63, 3.8) is 0 Å². The summed E-state index contributed by atoms with van der Waals surface area (Å²) in [5.41, 5.74) is 7.42. The van der Waals surface area contributed by atoms with Gasteiger partial charge in [-0.05, 0) is 49.9 Å². The first kappa shape index (κ1) is 19.3. The Labute approximate surface area is 143 Å². The Morgan fingerprint density at radius 1 is 1.30 bits per heavy atom. The number of anilines is 1. The van der Waals surface area contributed by atoms with Gasteiger partial charge < -0.3 is 21.3 Å². The third kappa shape index (κ3) is 6.08.